The fourth-order valence-corrected chi connectivity index (χ4v) is 2.24. The molecule has 0 heterocycles. The molecule has 0 fully saturated rings. The van der Waals surface area contributed by atoms with E-state index in [4.69, 9.17) is 27.9 Å². The lowest BCUT2D eigenvalue weighted by Crippen LogP contribution is -1.97. The van der Waals surface area contributed by atoms with E-state index < -0.39 is 0 Å². The second-order valence-corrected chi connectivity index (χ2v) is 5.55. The summed E-state index contributed by atoms with van der Waals surface area (Å²) in [5, 5.41) is 0.724. The number of hydrogen-bond acceptors (Lipinski definition) is 2. The summed E-state index contributed by atoms with van der Waals surface area (Å²) in [6.45, 7) is 1.48. The zero-order chi connectivity index (χ0) is 14.0. The van der Waals surface area contributed by atoms with Crippen LogP contribution < -0.4 is 4.74 Å². The van der Waals surface area contributed by atoms with Crippen molar-refractivity contribution in [3.63, 3.8) is 0 Å². The fourth-order valence-electron chi connectivity index (χ4n) is 1.55. The Hall–Kier alpha value is -1.03. The van der Waals surface area contributed by atoms with Crippen molar-refractivity contribution in [2.24, 2.45) is 0 Å². The maximum Gasteiger partial charge on any atom is 0.163 e. The summed E-state index contributed by atoms with van der Waals surface area (Å²) in [6, 6.07) is 10.3. The van der Waals surface area contributed by atoms with Crippen LogP contribution in [-0.4, -0.2) is 5.78 Å². The molecule has 19 heavy (non-hydrogen) atoms. The lowest BCUT2D eigenvalue weighted by Gasteiger charge is -2.11. The molecule has 0 saturated carbocycles. The van der Waals surface area contributed by atoms with E-state index in [-0.39, 0.29) is 5.78 Å². The minimum Gasteiger partial charge on any atom is -0.455 e. The van der Waals surface area contributed by atoms with Gasteiger partial charge in [-0.3, -0.25) is 4.79 Å². The molecule has 0 amide bonds. The minimum atomic E-state index is -0.0885. The van der Waals surface area contributed by atoms with E-state index in [0.29, 0.717) is 27.1 Å². The molecular weight excluding hydrogens is 351 g/mol. The number of carbonyl (C=O) groups is 1. The maximum absolute atomic E-state index is 11.6. The first-order valence-electron chi connectivity index (χ1n) is 5.41. The number of hydrogen-bond donors (Lipinski definition) is 0. The standard InChI is InChI=1S/C14H9BrCl2O2/c1-8(18)10-7-9(15)5-6-12(10)19-13-4-2-3-11(16)14(13)17/h2-7H,1H3. The smallest absolute Gasteiger partial charge is 0.163 e. The van der Waals surface area contributed by atoms with Gasteiger partial charge in [0.15, 0.2) is 5.78 Å². The van der Waals surface area contributed by atoms with Gasteiger partial charge in [0.2, 0.25) is 0 Å². The Bertz CT molecular complexity index is 641. The fraction of sp³-hybridized carbons (Fsp3) is 0.0714. The Kier molecular flexibility index (Phi) is 4.50. The van der Waals surface area contributed by atoms with Crippen molar-refractivity contribution in [1.82, 2.24) is 0 Å². The lowest BCUT2D eigenvalue weighted by atomic mass is 10.1. The van der Waals surface area contributed by atoms with Crippen LogP contribution in [0.15, 0.2) is 40.9 Å². The summed E-state index contributed by atoms with van der Waals surface area (Å²) < 4.78 is 6.49. The van der Waals surface area contributed by atoms with Gasteiger partial charge < -0.3 is 4.74 Å². The van der Waals surface area contributed by atoms with Crippen LogP contribution in [0.1, 0.15) is 17.3 Å². The molecule has 0 radical (unpaired) electrons. The second kappa shape index (κ2) is 5.95. The van der Waals surface area contributed by atoms with Crippen molar-refractivity contribution in [3.05, 3.63) is 56.5 Å². The molecule has 2 aromatic rings. The van der Waals surface area contributed by atoms with Gasteiger partial charge in [-0.2, -0.15) is 0 Å². The van der Waals surface area contributed by atoms with Crippen LogP contribution in [-0.2, 0) is 0 Å². The third kappa shape index (κ3) is 3.30. The molecule has 0 aliphatic heterocycles. The third-order valence-electron chi connectivity index (χ3n) is 2.46. The van der Waals surface area contributed by atoms with Crippen LogP contribution in [0.25, 0.3) is 0 Å². The molecule has 2 nitrogen and oxygen atoms in total. The Morgan fingerprint density at radius 2 is 1.89 bits per heavy atom. The van der Waals surface area contributed by atoms with E-state index in [1.807, 2.05) is 0 Å². The predicted molar refractivity (Wildman–Crippen MR) is 80.7 cm³/mol. The highest BCUT2D eigenvalue weighted by atomic mass is 79.9. The summed E-state index contributed by atoms with van der Waals surface area (Å²) in [5.74, 6) is 0.772. The SMILES string of the molecule is CC(=O)c1cc(Br)ccc1Oc1cccc(Cl)c1Cl. The molecular formula is C14H9BrCl2O2. The van der Waals surface area contributed by atoms with Crippen molar-refractivity contribution in [2.75, 3.05) is 0 Å². The molecule has 0 unspecified atom stereocenters. The van der Waals surface area contributed by atoms with Gasteiger partial charge in [-0.15, -0.1) is 0 Å². The van der Waals surface area contributed by atoms with Crippen molar-refractivity contribution in [2.45, 2.75) is 6.92 Å². The van der Waals surface area contributed by atoms with Crippen molar-refractivity contribution in [1.29, 1.82) is 0 Å². The number of benzene rings is 2. The van der Waals surface area contributed by atoms with Crippen molar-refractivity contribution in [3.8, 4) is 11.5 Å². The van der Waals surface area contributed by atoms with Gasteiger partial charge in [-0.05, 0) is 37.3 Å². The van der Waals surface area contributed by atoms with E-state index in [1.54, 1.807) is 36.4 Å². The van der Waals surface area contributed by atoms with Gasteiger partial charge in [0.05, 0.1) is 10.6 Å². The number of rotatable bonds is 3. The summed E-state index contributed by atoms with van der Waals surface area (Å²) in [6.07, 6.45) is 0. The summed E-state index contributed by atoms with van der Waals surface area (Å²) in [7, 11) is 0. The van der Waals surface area contributed by atoms with Gasteiger partial charge in [0.1, 0.15) is 16.5 Å². The number of carbonyl (C=O) groups excluding carboxylic acids is 1. The highest BCUT2D eigenvalue weighted by Crippen LogP contribution is 2.36. The summed E-state index contributed by atoms with van der Waals surface area (Å²) in [4.78, 5) is 11.6. The molecule has 0 aliphatic rings. The molecule has 0 spiro atoms. The molecule has 2 aromatic carbocycles. The van der Waals surface area contributed by atoms with E-state index >= 15 is 0 Å². The third-order valence-corrected chi connectivity index (χ3v) is 3.75. The zero-order valence-electron chi connectivity index (χ0n) is 9.91. The molecule has 0 saturated heterocycles. The number of ketones is 1. The molecule has 0 N–H and O–H groups in total. The average molecular weight is 360 g/mol. The van der Waals surface area contributed by atoms with Gasteiger partial charge in [0, 0.05) is 4.47 Å². The molecule has 0 atom stereocenters. The van der Waals surface area contributed by atoms with Gasteiger partial charge in [-0.1, -0.05) is 45.2 Å². The molecule has 0 aliphatic carbocycles. The Balaban J connectivity index is 2.44. The molecule has 98 valence electrons. The first-order chi connectivity index (χ1) is 8.99. The Morgan fingerprint density at radius 3 is 2.58 bits per heavy atom. The van der Waals surface area contributed by atoms with E-state index in [1.165, 1.54) is 6.92 Å². The molecule has 0 bridgehead atoms. The Labute approximate surface area is 129 Å². The monoisotopic (exact) mass is 358 g/mol. The largest absolute Gasteiger partial charge is 0.455 e. The first kappa shape index (κ1) is 14.4. The summed E-state index contributed by atoms with van der Waals surface area (Å²) >= 11 is 15.3. The molecule has 5 heteroatoms. The van der Waals surface area contributed by atoms with Gasteiger partial charge in [0.25, 0.3) is 0 Å². The average Bonchev–Trinajstić information content (AvgIpc) is 2.36. The van der Waals surface area contributed by atoms with Crippen LogP contribution in [0.2, 0.25) is 10.0 Å². The van der Waals surface area contributed by atoms with Crippen LogP contribution in [0.3, 0.4) is 0 Å². The van der Waals surface area contributed by atoms with Crippen LogP contribution in [0, 0.1) is 0 Å². The van der Waals surface area contributed by atoms with Crippen molar-refractivity contribution >= 4 is 44.9 Å². The van der Waals surface area contributed by atoms with Crippen molar-refractivity contribution < 1.29 is 9.53 Å². The first-order valence-corrected chi connectivity index (χ1v) is 6.96. The second-order valence-electron chi connectivity index (χ2n) is 3.85. The maximum atomic E-state index is 11.6. The quantitative estimate of drug-likeness (QED) is 0.652. The van der Waals surface area contributed by atoms with Gasteiger partial charge in [-0.25, -0.2) is 0 Å². The number of ether oxygens (including phenoxy) is 1. The van der Waals surface area contributed by atoms with Crippen LogP contribution in [0.5, 0.6) is 11.5 Å². The van der Waals surface area contributed by atoms with E-state index in [0.717, 1.165) is 4.47 Å². The van der Waals surface area contributed by atoms with E-state index in [9.17, 15) is 4.79 Å². The normalized spacial score (nSPS) is 10.3. The lowest BCUT2D eigenvalue weighted by molar-refractivity contribution is 0.101. The predicted octanol–water partition coefficient (Wildman–Crippen LogP) is 5.75. The van der Waals surface area contributed by atoms with Crippen LogP contribution >= 0.6 is 39.1 Å². The minimum absolute atomic E-state index is 0.0885. The topological polar surface area (TPSA) is 26.3 Å². The molecule has 0 aromatic heterocycles. The summed E-state index contributed by atoms with van der Waals surface area (Å²) in [5.41, 5.74) is 0.477. The van der Waals surface area contributed by atoms with Crippen LogP contribution in [0.4, 0.5) is 0 Å². The Morgan fingerprint density at radius 1 is 1.16 bits per heavy atom. The number of halogens is 3. The zero-order valence-corrected chi connectivity index (χ0v) is 13.0. The van der Waals surface area contributed by atoms with E-state index in [2.05, 4.69) is 15.9 Å². The number of Topliss-reactive ketones (excluding diaryl/α,β-unsaturated/α-hetero) is 1. The van der Waals surface area contributed by atoms with Gasteiger partial charge >= 0.3 is 0 Å². The molecule has 2 rings (SSSR count). The highest BCUT2D eigenvalue weighted by molar-refractivity contribution is 9.10. The highest BCUT2D eigenvalue weighted by Gasteiger charge is 2.12.